The van der Waals surface area contributed by atoms with Gasteiger partial charge >= 0.3 is 12.4 Å². The molecule has 0 saturated heterocycles. The SMILES string of the molecule is FC(F)(F)c1ccc(-[n+]2cn(-c3ccc4ccccc4c3-c3c(-n4c[n+](-c5ccc(C(F)(F)F)cc5)c5ccccc54)ccc4ccccc34)c3ccccc32)cc1. The topological polar surface area (TPSA) is 17.6 Å². The molecule has 0 amide bonds. The number of hydrogen-bond donors (Lipinski definition) is 0. The van der Waals surface area contributed by atoms with Gasteiger partial charge in [0.2, 0.25) is 0 Å². The molecular weight excluding hydrogens is 747 g/mol. The molecule has 10 heteroatoms. The molecule has 2 heterocycles. The molecule has 0 spiro atoms. The number of rotatable bonds is 5. The molecule has 0 fully saturated rings. The molecule has 4 nitrogen and oxygen atoms in total. The first kappa shape index (κ1) is 35.2. The summed E-state index contributed by atoms with van der Waals surface area (Å²) in [7, 11) is 0. The van der Waals surface area contributed by atoms with E-state index in [1.165, 1.54) is 24.3 Å². The lowest BCUT2D eigenvalue weighted by atomic mass is 9.90. The molecule has 0 atom stereocenters. The number of imidazole rings is 2. The van der Waals surface area contributed by atoms with Crippen molar-refractivity contribution in [2.75, 3.05) is 0 Å². The van der Waals surface area contributed by atoms with Crippen molar-refractivity contribution < 1.29 is 35.5 Å². The predicted molar refractivity (Wildman–Crippen MR) is 214 cm³/mol. The number of fused-ring (bicyclic) bond motifs is 4. The lowest BCUT2D eigenvalue weighted by Crippen LogP contribution is -2.29. The maximum absolute atomic E-state index is 13.6. The first-order valence-electron chi connectivity index (χ1n) is 18.5. The van der Waals surface area contributed by atoms with Crippen molar-refractivity contribution in [1.82, 2.24) is 9.13 Å². The van der Waals surface area contributed by atoms with Gasteiger partial charge in [-0.05, 0) is 106 Å². The molecule has 282 valence electrons. The van der Waals surface area contributed by atoms with E-state index in [-0.39, 0.29) is 0 Å². The van der Waals surface area contributed by atoms with Gasteiger partial charge in [0.15, 0.2) is 22.1 Å². The van der Waals surface area contributed by atoms with Gasteiger partial charge in [-0.15, -0.1) is 0 Å². The van der Waals surface area contributed by atoms with Crippen molar-refractivity contribution in [2.45, 2.75) is 12.4 Å². The van der Waals surface area contributed by atoms with Crippen molar-refractivity contribution in [2.24, 2.45) is 0 Å². The van der Waals surface area contributed by atoms with Crippen LogP contribution in [0.2, 0.25) is 0 Å². The Balaban J connectivity index is 1.26. The van der Waals surface area contributed by atoms with E-state index in [0.29, 0.717) is 11.4 Å². The third-order valence-corrected chi connectivity index (χ3v) is 10.8. The summed E-state index contributed by atoms with van der Waals surface area (Å²) < 4.78 is 89.4. The van der Waals surface area contributed by atoms with E-state index >= 15 is 0 Å². The van der Waals surface area contributed by atoms with Gasteiger partial charge in [-0.1, -0.05) is 84.9 Å². The van der Waals surface area contributed by atoms with E-state index in [1.807, 2.05) is 94.6 Å². The zero-order valence-corrected chi connectivity index (χ0v) is 30.4. The van der Waals surface area contributed by atoms with Crippen LogP contribution in [0, 0.1) is 0 Å². The molecule has 0 aliphatic heterocycles. The van der Waals surface area contributed by atoms with E-state index < -0.39 is 23.5 Å². The second-order valence-electron chi connectivity index (χ2n) is 14.1. The van der Waals surface area contributed by atoms with E-state index in [4.69, 9.17) is 0 Å². The van der Waals surface area contributed by atoms with Crippen LogP contribution < -0.4 is 9.13 Å². The average molecular weight is 777 g/mol. The van der Waals surface area contributed by atoms with Crippen LogP contribution in [0.25, 0.3) is 77.5 Å². The summed E-state index contributed by atoms with van der Waals surface area (Å²) in [5.41, 5.74) is 6.49. The summed E-state index contributed by atoms with van der Waals surface area (Å²) in [6.07, 6.45) is -5.10. The summed E-state index contributed by atoms with van der Waals surface area (Å²) in [6, 6.07) is 50.4. The number of halogens is 6. The Kier molecular flexibility index (Phi) is 8.02. The Morgan fingerprint density at radius 3 is 1.12 bits per heavy atom. The minimum absolute atomic E-state index is 0.572. The summed E-state index contributed by atoms with van der Waals surface area (Å²) in [5, 5.41) is 3.96. The smallest absolute Gasteiger partial charge is 0.195 e. The molecule has 0 aliphatic rings. The van der Waals surface area contributed by atoms with Gasteiger partial charge in [0.25, 0.3) is 12.7 Å². The lowest BCUT2D eigenvalue weighted by molar-refractivity contribution is -0.568. The minimum Gasteiger partial charge on any atom is -0.195 e. The van der Waals surface area contributed by atoms with Gasteiger partial charge < -0.3 is 0 Å². The number of alkyl halides is 6. The largest absolute Gasteiger partial charge is 0.416 e. The van der Waals surface area contributed by atoms with Crippen LogP contribution in [0.5, 0.6) is 0 Å². The molecule has 0 radical (unpaired) electrons. The molecular formula is C48H30F6N4+2. The van der Waals surface area contributed by atoms with Crippen LogP contribution in [0.4, 0.5) is 26.3 Å². The number of hydrogen-bond acceptors (Lipinski definition) is 0. The highest BCUT2D eigenvalue weighted by Gasteiger charge is 2.33. The number of nitrogens with zero attached hydrogens (tertiary/aromatic N) is 4. The first-order chi connectivity index (χ1) is 28.0. The second kappa shape index (κ2) is 13.2. The molecule has 0 N–H and O–H groups in total. The molecule has 0 bridgehead atoms. The maximum atomic E-state index is 13.6. The zero-order chi connectivity index (χ0) is 39.8. The van der Waals surface area contributed by atoms with Gasteiger partial charge in [-0.25, -0.2) is 0 Å². The van der Waals surface area contributed by atoms with E-state index in [0.717, 1.165) is 90.4 Å². The fourth-order valence-corrected chi connectivity index (χ4v) is 8.09. The molecule has 0 unspecified atom stereocenters. The van der Waals surface area contributed by atoms with Crippen LogP contribution in [0.15, 0.2) is 183 Å². The average Bonchev–Trinajstić information content (AvgIpc) is 3.82. The lowest BCUT2D eigenvalue weighted by Gasteiger charge is -2.16. The van der Waals surface area contributed by atoms with Crippen LogP contribution >= 0.6 is 0 Å². The Bertz CT molecular complexity index is 2980. The Morgan fingerprint density at radius 1 is 0.362 bits per heavy atom. The number of para-hydroxylation sites is 4. The van der Waals surface area contributed by atoms with Crippen LogP contribution in [0.3, 0.4) is 0 Å². The summed E-state index contributed by atoms with van der Waals surface area (Å²) in [4.78, 5) is 0. The van der Waals surface area contributed by atoms with Gasteiger partial charge in [0, 0.05) is 11.1 Å². The molecule has 10 rings (SSSR count). The molecule has 10 aromatic rings. The highest BCUT2D eigenvalue weighted by Crippen LogP contribution is 2.43. The molecule has 2 aromatic heterocycles. The highest BCUT2D eigenvalue weighted by molar-refractivity contribution is 6.11. The first-order valence-corrected chi connectivity index (χ1v) is 18.5. The third kappa shape index (κ3) is 5.79. The van der Waals surface area contributed by atoms with Gasteiger partial charge in [0.05, 0.1) is 11.1 Å². The van der Waals surface area contributed by atoms with Crippen LogP contribution in [0.1, 0.15) is 11.1 Å². The second-order valence-corrected chi connectivity index (χ2v) is 14.1. The number of benzene rings is 8. The standard InChI is InChI=1S/C48H30F6N4/c49-47(50,51)33-19-23-35(24-20-33)55-29-57(41-15-7-5-13-39(41)55)43-27-17-31-9-1-3-11-37(31)45(43)46-38-12-4-2-10-32(38)18-28-44(46)58-30-56(40-14-6-8-16-42(40)58)36-25-21-34(22-26-36)48(52,53)54/h1-30H/q+2. The van der Waals surface area contributed by atoms with Crippen molar-refractivity contribution in [3.63, 3.8) is 0 Å². The number of aromatic nitrogens is 4. The Morgan fingerprint density at radius 2 is 0.724 bits per heavy atom. The highest BCUT2D eigenvalue weighted by atomic mass is 19.4. The van der Waals surface area contributed by atoms with Crippen LogP contribution in [-0.2, 0) is 12.4 Å². The normalized spacial score (nSPS) is 12.3. The third-order valence-electron chi connectivity index (χ3n) is 10.8. The van der Waals surface area contributed by atoms with E-state index in [2.05, 4.69) is 57.7 Å². The quantitative estimate of drug-likeness (QED) is 0.122. The van der Waals surface area contributed by atoms with Crippen molar-refractivity contribution in [3.05, 3.63) is 194 Å². The van der Waals surface area contributed by atoms with Crippen LogP contribution in [-0.4, -0.2) is 9.13 Å². The fraction of sp³-hybridized carbons (Fsp3) is 0.0417. The van der Waals surface area contributed by atoms with Crippen molar-refractivity contribution in [1.29, 1.82) is 0 Å². The molecule has 58 heavy (non-hydrogen) atoms. The van der Waals surface area contributed by atoms with E-state index in [1.54, 1.807) is 0 Å². The monoisotopic (exact) mass is 776 g/mol. The summed E-state index contributed by atoms with van der Waals surface area (Å²) in [6.45, 7) is 0. The minimum atomic E-state index is -4.46. The van der Waals surface area contributed by atoms with Gasteiger partial charge in [-0.3, -0.25) is 0 Å². The van der Waals surface area contributed by atoms with Crippen molar-refractivity contribution in [3.8, 4) is 33.9 Å². The Labute approximate surface area is 327 Å². The molecule has 0 saturated carbocycles. The Hall–Kier alpha value is -7.20. The zero-order valence-electron chi connectivity index (χ0n) is 30.4. The molecule has 8 aromatic carbocycles. The fourth-order valence-electron chi connectivity index (χ4n) is 8.09. The summed E-state index contributed by atoms with van der Waals surface area (Å²) in [5.74, 6) is 0. The van der Waals surface area contributed by atoms with Gasteiger partial charge in [-0.2, -0.15) is 44.6 Å². The predicted octanol–water partition coefficient (Wildman–Crippen LogP) is 12.1. The van der Waals surface area contributed by atoms with E-state index in [9.17, 15) is 26.3 Å². The summed E-state index contributed by atoms with van der Waals surface area (Å²) >= 11 is 0. The van der Waals surface area contributed by atoms with Gasteiger partial charge in [0.1, 0.15) is 22.7 Å². The molecule has 0 aliphatic carbocycles. The maximum Gasteiger partial charge on any atom is 0.416 e. The van der Waals surface area contributed by atoms with Crippen molar-refractivity contribution >= 4 is 43.6 Å².